The van der Waals surface area contributed by atoms with Crippen LogP contribution in [-0.4, -0.2) is 55.4 Å². The molecule has 0 bridgehead atoms. The fraction of sp³-hybridized carbons (Fsp3) is 0.400. The first-order valence-corrected chi connectivity index (χ1v) is 10.4. The number of rotatable bonds is 0. The molecule has 197 valence electrons. The Kier molecular flexibility index (Phi) is 17.4. The van der Waals surface area contributed by atoms with Crippen LogP contribution in [0.4, 0.5) is 39.5 Å². The molecule has 1 radical (unpaired) electrons. The molecule has 0 aliphatic heterocycles. The van der Waals surface area contributed by atoms with Gasteiger partial charge in [0.2, 0.25) is 0 Å². The molecule has 9 nitrogen and oxygen atoms in total. The molecule has 0 fully saturated rings. The molecule has 0 spiro atoms. The van der Waals surface area contributed by atoms with Gasteiger partial charge in [0.1, 0.15) is 0 Å². The van der Waals surface area contributed by atoms with Gasteiger partial charge in [-0.15, -0.1) is 0 Å². The zero-order valence-electron chi connectivity index (χ0n) is 14.5. The van der Waals surface area contributed by atoms with Crippen LogP contribution in [0.15, 0.2) is 30.3 Å². The number of hydrogen-bond donors (Lipinski definition) is 0. The van der Waals surface area contributed by atoms with Crippen molar-refractivity contribution < 1.29 is 125 Å². The molecule has 22 heteroatoms. The number of benzene rings is 1. The molecule has 0 N–H and O–H groups in total. The first-order valence-electron chi connectivity index (χ1n) is 6.22. The third kappa shape index (κ3) is 20.4. The average Bonchev–Trinajstić information content (AvgIpc) is 2.43. The fourth-order valence-corrected chi connectivity index (χ4v) is 0.534. The fourth-order valence-electron chi connectivity index (χ4n) is 0.534. The minimum atomic E-state index is -6.09. The molecule has 0 aliphatic carbocycles. The number of halogens is 9. The van der Waals surface area contributed by atoms with E-state index in [1.54, 1.807) is 0 Å². The van der Waals surface area contributed by atoms with E-state index in [1.807, 2.05) is 18.2 Å². The Morgan fingerprint density at radius 2 is 0.719 bits per heavy atom. The van der Waals surface area contributed by atoms with Crippen molar-refractivity contribution in [2.45, 2.75) is 23.4 Å². The maximum absolute atomic E-state index is 10.7. The molecule has 0 aromatic heterocycles. The van der Waals surface area contributed by atoms with Gasteiger partial charge in [0.25, 0.3) is 0 Å². The second kappa shape index (κ2) is 14.3. The Morgan fingerprint density at radius 3 is 0.781 bits per heavy atom. The Bertz CT molecular complexity index is 869. The molecule has 0 heterocycles. The molecule has 0 amide bonds. The number of aryl methyl sites for hydroxylation is 1. The van der Waals surface area contributed by atoms with E-state index in [-0.39, 0.29) is 46.9 Å². The van der Waals surface area contributed by atoms with Gasteiger partial charge in [-0.05, 0) is 6.92 Å². The van der Waals surface area contributed by atoms with Gasteiger partial charge in [-0.1, -0.05) is 35.9 Å². The van der Waals surface area contributed by atoms with E-state index < -0.39 is 46.9 Å². The minimum Gasteiger partial charge on any atom is -0.741 e. The summed E-state index contributed by atoms with van der Waals surface area (Å²) in [5.74, 6) is 0. The van der Waals surface area contributed by atoms with E-state index in [0.29, 0.717) is 0 Å². The number of alkyl halides is 9. The monoisotopic (exact) mass is 713 g/mol. The van der Waals surface area contributed by atoms with Crippen molar-refractivity contribution in [3.63, 3.8) is 0 Å². The Balaban J connectivity index is -0.000000162. The molecular weight excluding hydrogens is 704 g/mol. The molecule has 0 atom stereocenters. The summed E-state index contributed by atoms with van der Waals surface area (Å²) in [6.07, 6.45) is 0. The zero-order chi connectivity index (χ0) is 26.1. The summed E-state index contributed by atoms with van der Waals surface area (Å²) in [4.78, 5) is 0. The van der Waals surface area contributed by atoms with Crippen LogP contribution in [0.2, 0.25) is 0 Å². The summed E-state index contributed by atoms with van der Waals surface area (Å²) < 4.78 is 177. The van der Waals surface area contributed by atoms with E-state index >= 15 is 0 Å². The van der Waals surface area contributed by atoms with Crippen LogP contribution in [0.3, 0.4) is 0 Å². The van der Waals surface area contributed by atoms with Gasteiger partial charge in [0.15, 0.2) is 30.4 Å². The Morgan fingerprint density at radius 1 is 0.562 bits per heavy atom. The first-order chi connectivity index (χ1) is 13.1. The minimum absolute atomic E-state index is 0. The molecule has 1 aromatic carbocycles. The van der Waals surface area contributed by atoms with Gasteiger partial charge in [0.05, 0.1) is 0 Å². The van der Waals surface area contributed by atoms with E-state index in [4.69, 9.17) is 38.9 Å². The maximum atomic E-state index is 10.7. The van der Waals surface area contributed by atoms with E-state index in [9.17, 15) is 39.5 Å². The van der Waals surface area contributed by atoms with Crippen molar-refractivity contribution in [2.75, 3.05) is 0 Å². The second-order valence-corrected chi connectivity index (χ2v) is 8.47. The Hall–Kier alpha value is -0.161. The average molecular weight is 712 g/mol. The van der Waals surface area contributed by atoms with Crippen molar-refractivity contribution in [2.24, 2.45) is 0 Å². The predicted molar refractivity (Wildman–Crippen MR) is 78.4 cm³/mol. The smallest absolute Gasteiger partial charge is 0.741 e. The van der Waals surface area contributed by atoms with Crippen LogP contribution < -0.4 is 0 Å². The summed E-state index contributed by atoms with van der Waals surface area (Å²) in [7, 11) is -18.3. The molecule has 0 saturated carbocycles. The van der Waals surface area contributed by atoms with E-state index in [1.165, 1.54) is 5.56 Å². The molecule has 1 rings (SSSR count). The first kappa shape index (κ1) is 39.1. The molecule has 0 saturated heterocycles. The SMILES string of the molecule is Cc1ccccc1.O=S(=O)([O-])C(F)(F)F.O=S(=O)([O-])C(F)(F)F.O=S(=O)([O-])C(F)(F)F.[Yb+3]. The van der Waals surface area contributed by atoms with Crippen LogP contribution >= 0.6 is 0 Å². The summed E-state index contributed by atoms with van der Waals surface area (Å²) in [5.41, 5.74) is -15.6. The molecule has 1 aromatic rings. The largest absolute Gasteiger partial charge is 3.00 e. The zero-order valence-corrected chi connectivity index (χ0v) is 18.6. The van der Waals surface area contributed by atoms with Crippen LogP contribution in [0.25, 0.3) is 0 Å². The van der Waals surface area contributed by atoms with Crippen molar-refractivity contribution in [3.8, 4) is 0 Å². The van der Waals surface area contributed by atoms with Gasteiger partial charge in [-0.25, -0.2) is 25.3 Å². The Labute approximate surface area is 213 Å². The molecular formula is C10H8F9O9S3Yb. The van der Waals surface area contributed by atoms with Crippen molar-refractivity contribution in [1.29, 1.82) is 0 Å². The van der Waals surface area contributed by atoms with Gasteiger partial charge >= 0.3 is 63.4 Å². The van der Waals surface area contributed by atoms with Crippen LogP contribution in [0, 0.1) is 53.8 Å². The van der Waals surface area contributed by atoms with Crippen molar-refractivity contribution in [3.05, 3.63) is 35.9 Å². The van der Waals surface area contributed by atoms with Crippen molar-refractivity contribution >= 4 is 30.4 Å². The van der Waals surface area contributed by atoms with Crippen LogP contribution in [-0.2, 0) is 30.4 Å². The van der Waals surface area contributed by atoms with Crippen LogP contribution in [0.1, 0.15) is 5.56 Å². The van der Waals surface area contributed by atoms with Crippen molar-refractivity contribution in [1.82, 2.24) is 0 Å². The van der Waals surface area contributed by atoms with Gasteiger partial charge < -0.3 is 13.7 Å². The standard InChI is InChI=1S/C7H8.3CHF3O3S.Yb/c1-7-5-3-2-4-6-7;3*2-1(3,4)8(5,6)7;/h2-6H,1H3;3*(H,5,6,7);/q;;;;+3/p-3. The second-order valence-electron chi connectivity index (χ2n) is 4.35. The van der Waals surface area contributed by atoms with Crippen LogP contribution in [0.5, 0.6) is 0 Å². The predicted octanol–water partition coefficient (Wildman–Crippen LogP) is 2.15. The maximum Gasteiger partial charge on any atom is 3.00 e. The van der Waals surface area contributed by atoms with Gasteiger partial charge in [-0.2, -0.15) is 39.5 Å². The van der Waals surface area contributed by atoms with Gasteiger partial charge in [0, 0.05) is 0 Å². The summed E-state index contributed by atoms with van der Waals surface area (Å²) in [6, 6.07) is 10.3. The summed E-state index contributed by atoms with van der Waals surface area (Å²) in [6.45, 7) is 2.08. The third-order valence-electron chi connectivity index (χ3n) is 1.79. The van der Waals surface area contributed by atoms with Gasteiger partial charge in [-0.3, -0.25) is 0 Å². The molecule has 0 unspecified atom stereocenters. The third-order valence-corrected chi connectivity index (χ3v) is 3.49. The molecule has 0 aliphatic rings. The van der Waals surface area contributed by atoms with E-state index in [2.05, 4.69) is 19.1 Å². The molecule has 32 heavy (non-hydrogen) atoms. The summed E-state index contributed by atoms with van der Waals surface area (Å²) >= 11 is 0. The number of hydrogen-bond acceptors (Lipinski definition) is 9. The summed E-state index contributed by atoms with van der Waals surface area (Å²) in [5, 5.41) is 0. The van der Waals surface area contributed by atoms with E-state index in [0.717, 1.165) is 0 Å². The topological polar surface area (TPSA) is 172 Å². The normalized spacial score (nSPS) is 12.4. The quantitative estimate of drug-likeness (QED) is 0.222.